The third-order valence-electron chi connectivity index (χ3n) is 5.54. The number of amides is 2. The fourth-order valence-electron chi connectivity index (χ4n) is 3.78. The average Bonchev–Trinajstić information content (AvgIpc) is 3.58. The van der Waals surface area contributed by atoms with E-state index in [9.17, 15) is 27.2 Å². The van der Waals surface area contributed by atoms with Gasteiger partial charge in [0.2, 0.25) is 0 Å². The number of rotatable bonds is 6. The van der Waals surface area contributed by atoms with Crippen molar-refractivity contribution >= 4 is 45.5 Å². The number of para-hydroxylation sites is 1. The quantitative estimate of drug-likeness (QED) is 0.415. The van der Waals surface area contributed by atoms with Crippen molar-refractivity contribution in [1.29, 1.82) is 0 Å². The number of nitrogens with one attached hydrogen (secondary N) is 1. The molecule has 1 N–H and O–H groups in total. The molecule has 1 unspecified atom stereocenters. The summed E-state index contributed by atoms with van der Waals surface area (Å²) in [5.74, 6) is -5.05. The zero-order valence-electron chi connectivity index (χ0n) is 19.9. The fraction of sp³-hybridized carbons (Fsp3) is 0.154. The molecule has 1 atom stereocenters. The monoisotopic (exact) mass is 574 g/mol. The maximum Gasteiger partial charge on any atom is 0.281 e. The molecule has 0 fully saturated rings. The highest BCUT2D eigenvalue weighted by Crippen LogP contribution is 2.45. The number of hydrogen-bond donors (Lipinski definition) is 1. The van der Waals surface area contributed by atoms with E-state index in [0.29, 0.717) is 35.0 Å². The number of halogens is 4. The first-order valence-electron chi connectivity index (χ1n) is 11.5. The van der Waals surface area contributed by atoms with E-state index in [-0.39, 0.29) is 17.4 Å². The molecule has 0 radical (unpaired) electrons. The summed E-state index contributed by atoms with van der Waals surface area (Å²) < 4.78 is 61.9. The Kier molecular flexibility index (Phi) is 7.89. The highest BCUT2D eigenvalue weighted by Gasteiger charge is 2.38. The molecule has 2 aliphatic rings. The van der Waals surface area contributed by atoms with Crippen LogP contribution in [-0.4, -0.2) is 45.9 Å². The van der Waals surface area contributed by atoms with Crippen LogP contribution in [0.4, 0.5) is 17.6 Å². The lowest BCUT2D eigenvalue weighted by atomic mass is 10.1. The number of carbonyl (C=O) groups excluding carboxylic acids is 2. The molecule has 39 heavy (non-hydrogen) atoms. The van der Waals surface area contributed by atoms with Crippen molar-refractivity contribution in [3.63, 3.8) is 0 Å². The maximum atomic E-state index is 14.6. The Hall–Kier alpha value is -3.84. The van der Waals surface area contributed by atoms with Gasteiger partial charge in [-0.3, -0.25) is 14.6 Å². The van der Waals surface area contributed by atoms with Gasteiger partial charge < -0.3 is 10.1 Å². The van der Waals surface area contributed by atoms with Gasteiger partial charge in [-0.05, 0) is 30.3 Å². The molecule has 13 heteroatoms. The van der Waals surface area contributed by atoms with Crippen LogP contribution in [0.25, 0.3) is 0 Å². The van der Waals surface area contributed by atoms with Gasteiger partial charge in [-0.1, -0.05) is 41.7 Å². The van der Waals surface area contributed by atoms with Gasteiger partial charge in [0.15, 0.2) is 11.8 Å². The van der Waals surface area contributed by atoms with Crippen LogP contribution in [0, 0.1) is 23.3 Å². The normalized spacial score (nSPS) is 16.6. The number of carbonyl (C=O) groups is 2. The van der Waals surface area contributed by atoms with Gasteiger partial charge in [-0.2, -0.15) is 5.10 Å². The fourth-order valence-corrected chi connectivity index (χ4v) is 5.71. The summed E-state index contributed by atoms with van der Waals surface area (Å²) in [5.41, 5.74) is -0.159. The van der Waals surface area contributed by atoms with E-state index >= 15 is 0 Å². The smallest absolute Gasteiger partial charge is 0.281 e. The summed E-state index contributed by atoms with van der Waals surface area (Å²) in [6, 6.07) is 12.6. The number of benzene rings is 3. The lowest BCUT2D eigenvalue weighted by molar-refractivity contribution is -0.121. The van der Waals surface area contributed by atoms with Gasteiger partial charge >= 0.3 is 0 Å². The first kappa shape index (κ1) is 26.8. The summed E-state index contributed by atoms with van der Waals surface area (Å²) in [7, 11) is 0. The molecule has 0 bridgehead atoms. The largest absolute Gasteiger partial charge is 0.483 e. The van der Waals surface area contributed by atoms with Crippen molar-refractivity contribution < 1.29 is 31.9 Å². The lowest BCUT2D eigenvalue weighted by Crippen LogP contribution is -2.32. The number of nitrogens with zero attached hydrogens (tertiary/aromatic N) is 3. The van der Waals surface area contributed by atoms with Crippen molar-refractivity contribution in [3.05, 3.63) is 101 Å². The van der Waals surface area contributed by atoms with Crippen molar-refractivity contribution in [2.75, 3.05) is 18.9 Å². The molecule has 3 aromatic rings. The summed E-state index contributed by atoms with van der Waals surface area (Å²) >= 11 is 2.47. The Bertz CT molecular complexity index is 1480. The van der Waals surface area contributed by atoms with Gasteiger partial charge in [-0.15, -0.1) is 0 Å². The minimum atomic E-state index is -1.39. The molecular formula is C26H18F4N4O3S2. The Balaban J connectivity index is 1.47. The molecule has 7 nitrogen and oxygen atoms in total. The topological polar surface area (TPSA) is 83.4 Å². The molecule has 2 amide bonds. The van der Waals surface area contributed by atoms with Crippen LogP contribution in [0.15, 0.2) is 70.8 Å². The SMILES string of the molecule is O=C(COc1ccccc1C1SC(c2ccc(F)cc2)=NN1C(=O)c1c(F)cc(F)cc1F)NC1=NCCS1. The third-order valence-corrected chi connectivity index (χ3v) is 7.65. The number of hydrogen-bond acceptors (Lipinski definition) is 7. The van der Waals surface area contributed by atoms with Gasteiger partial charge in [0.25, 0.3) is 11.8 Å². The average molecular weight is 575 g/mol. The van der Waals surface area contributed by atoms with Crippen LogP contribution < -0.4 is 10.1 Å². The first-order valence-corrected chi connectivity index (χ1v) is 13.3. The summed E-state index contributed by atoms with van der Waals surface area (Å²) in [6.07, 6.45) is 0. The minimum Gasteiger partial charge on any atom is -0.483 e. The second-order valence-corrected chi connectivity index (χ2v) is 10.3. The molecule has 3 aromatic carbocycles. The minimum absolute atomic E-state index is 0.222. The van der Waals surface area contributed by atoms with Gasteiger partial charge in [-0.25, -0.2) is 22.6 Å². The molecule has 0 saturated heterocycles. The maximum absolute atomic E-state index is 14.6. The van der Waals surface area contributed by atoms with Crippen molar-refractivity contribution in [3.8, 4) is 5.75 Å². The Labute approximate surface area is 228 Å². The highest BCUT2D eigenvalue weighted by atomic mass is 32.2. The first-order chi connectivity index (χ1) is 18.8. The molecule has 5 rings (SSSR count). The van der Waals surface area contributed by atoms with E-state index in [1.165, 1.54) is 36.0 Å². The van der Waals surface area contributed by atoms with E-state index in [1.54, 1.807) is 24.3 Å². The van der Waals surface area contributed by atoms with Crippen LogP contribution in [0.3, 0.4) is 0 Å². The van der Waals surface area contributed by atoms with Gasteiger partial charge in [0.1, 0.15) is 45.0 Å². The van der Waals surface area contributed by atoms with Crippen LogP contribution in [0.2, 0.25) is 0 Å². The molecule has 0 spiro atoms. The predicted molar refractivity (Wildman–Crippen MR) is 141 cm³/mol. The predicted octanol–water partition coefficient (Wildman–Crippen LogP) is 5.09. The Morgan fingerprint density at radius 1 is 1.00 bits per heavy atom. The zero-order valence-corrected chi connectivity index (χ0v) is 21.5. The van der Waals surface area contributed by atoms with E-state index in [4.69, 9.17) is 4.74 Å². The third kappa shape index (κ3) is 5.93. The number of thioether (sulfide) groups is 2. The number of hydrazone groups is 1. The zero-order chi connectivity index (χ0) is 27.5. The second-order valence-electron chi connectivity index (χ2n) is 8.19. The summed E-state index contributed by atoms with van der Waals surface area (Å²) in [4.78, 5) is 29.9. The van der Waals surface area contributed by atoms with Crippen molar-refractivity contribution in [2.45, 2.75) is 5.37 Å². The van der Waals surface area contributed by atoms with E-state index in [0.717, 1.165) is 22.5 Å². The van der Waals surface area contributed by atoms with Crippen molar-refractivity contribution in [2.24, 2.45) is 10.1 Å². The molecule has 2 aliphatic heterocycles. The van der Waals surface area contributed by atoms with Crippen LogP contribution in [0.5, 0.6) is 5.75 Å². The van der Waals surface area contributed by atoms with E-state index < -0.39 is 46.0 Å². The van der Waals surface area contributed by atoms with Gasteiger partial charge in [0.05, 0.1) is 6.54 Å². The van der Waals surface area contributed by atoms with Crippen LogP contribution in [-0.2, 0) is 4.79 Å². The lowest BCUT2D eigenvalue weighted by Gasteiger charge is -2.23. The molecule has 0 saturated carbocycles. The molecule has 200 valence electrons. The van der Waals surface area contributed by atoms with Crippen LogP contribution in [0.1, 0.15) is 26.9 Å². The highest BCUT2D eigenvalue weighted by molar-refractivity contribution is 8.14. The molecule has 0 aromatic heterocycles. The second kappa shape index (κ2) is 11.5. The number of aliphatic imine (C=N–C) groups is 1. The van der Waals surface area contributed by atoms with Crippen LogP contribution >= 0.6 is 23.5 Å². The molecule has 2 heterocycles. The molecule has 0 aliphatic carbocycles. The van der Waals surface area contributed by atoms with E-state index in [1.807, 2.05) is 0 Å². The Morgan fingerprint density at radius 2 is 1.72 bits per heavy atom. The molecular weight excluding hydrogens is 556 g/mol. The van der Waals surface area contributed by atoms with Crippen molar-refractivity contribution in [1.82, 2.24) is 10.3 Å². The summed E-state index contributed by atoms with van der Waals surface area (Å²) in [6.45, 7) is 0.243. The summed E-state index contributed by atoms with van der Waals surface area (Å²) in [5, 5.41) is 7.57. The number of amidine groups is 1. The van der Waals surface area contributed by atoms with Gasteiger partial charge in [0, 0.05) is 29.0 Å². The standard InChI is InChI=1S/C26H18F4N4O3S2/c27-15-7-5-14(6-8-15)23-33-34(24(36)22-18(29)11-16(28)12-19(22)30)25(39-23)17-3-1-2-4-20(17)37-13-21(35)32-26-31-9-10-38-26/h1-8,11-12,25H,9-10,13H2,(H,31,32,35). The van der Waals surface area contributed by atoms with E-state index in [2.05, 4.69) is 15.4 Å². The number of ether oxygens (including phenoxy) is 1. The Morgan fingerprint density at radius 3 is 2.41 bits per heavy atom.